The van der Waals surface area contributed by atoms with Crippen molar-refractivity contribution in [2.45, 2.75) is 18.4 Å². The molecule has 88 valence electrons. The van der Waals surface area contributed by atoms with Crippen LogP contribution >= 0.6 is 11.6 Å². The van der Waals surface area contributed by atoms with E-state index in [1.807, 2.05) is 42.1 Å². The van der Waals surface area contributed by atoms with E-state index in [1.54, 1.807) is 0 Å². The van der Waals surface area contributed by atoms with Crippen molar-refractivity contribution < 1.29 is 0 Å². The zero-order valence-electron chi connectivity index (χ0n) is 9.65. The molecule has 0 radical (unpaired) electrons. The number of nitrogens with two attached hydrogens (primary N) is 1. The second-order valence-corrected chi connectivity index (χ2v) is 5.08. The van der Waals surface area contributed by atoms with Crippen LogP contribution in [0, 0.1) is 0 Å². The minimum Gasteiger partial charge on any atom is -0.320 e. The van der Waals surface area contributed by atoms with Crippen LogP contribution < -0.4 is 5.73 Å². The Balaban J connectivity index is 2.10. The van der Waals surface area contributed by atoms with Crippen LogP contribution in [-0.4, -0.2) is 9.78 Å². The fourth-order valence-corrected chi connectivity index (χ4v) is 2.25. The second kappa shape index (κ2) is 3.59. The van der Waals surface area contributed by atoms with Crippen molar-refractivity contribution in [2.75, 3.05) is 0 Å². The fourth-order valence-electron chi connectivity index (χ4n) is 2.02. The van der Waals surface area contributed by atoms with Gasteiger partial charge in [-0.15, -0.1) is 0 Å². The molecule has 0 saturated heterocycles. The first-order valence-electron chi connectivity index (χ1n) is 5.68. The van der Waals surface area contributed by atoms with Crippen LogP contribution in [0.3, 0.4) is 0 Å². The molecule has 0 bridgehead atoms. The lowest BCUT2D eigenvalue weighted by atomic mass is 10.1. The summed E-state index contributed by atoms with van der Waals surface area (Å²) in [6.07, 6.45) is 2.04. The average Bonchev–Trinajstić information content (AvgIpc) is 2.93. The molecular weight excluding hydrogens is 234 g/mol. The van der Waals surface area contributed by atoms with Crippen molar-refractivity contribution in [1.82, 2.24) is 9.78 Å². The van der Waals surface area contributed by atoms with Gasteiger partial charge in [-0.25, -0.2) is 0 Å². The van der Waals surface area contributed by atoms with Crippen LogP contribution in [0.25, 0.3) is 11.3 Å². The minimum absolute atomic E-state index is 0.197. The van der Waals surface area contributed by atoms with Crippen molar-refractivity contribution >= 4 is 11.6 Å². The van der Waals surface area contributed by atoms with E-state index in [-0.39, 0.29) is 5.54 Å². The van der Waals surface area contributed by atoms with E-state index < -0.39 is 0 Å². The van der Waals surface area contributed by atoms with Crippen molar-refractivity contribution in [1.29, 1.82) is 0 Å². The van der Waals surface area contributed by atoms with Gasteiger partial charge in [-0.2, -0.15) is 5.10 Å². The van der Waals surface area contributed by atoms with E-state index in [2.05, 4.69) is 5.10 Å². The zero-order valence-corrected chi connectivity index (χ0v) is 10.4. The van der Waals surface area contributed by atoms with Crippen molar-refractivity contribution in [3.05, 3.63) is 41.0 Å². The van der Waals surface area contributed by atoms with Gasteiger partial charge in [0.15, 0.2) is 0 Å². The molecule has 0 unspecified atom stereocenters. The Bertz CT molecular complexity index is 570. The third-order valence-corrected chi connectivity index (χ3v) is 3.66. The summed E-state index contributed by atoms with van der Waals surface area (Å²) in [5, 5.41) is 5.23. The Morgan fingerprint density at radius 2 is 2.06 bits per heavy atom. The van der Waals surface area contributed by atoms with Gasteiger partial charge in [0.05, 0.1) is 16.9 Å². The molecule has 1 saturated carbocycles. The highest BCUT2D eigenvalue weighted by Gasteiger charge is 2.42. The maximum absolute atomic E-state index is 6.20. The summed E-state index contributed by atoms with van der Waals surface area (Å²) in [6.45, 7) is 0. The topological polar surface area (TPSA) is 43.8 Å². The van der Waals surface area contributed by atoms with E-state index in [1.165, 1.54) is 0 Å². The number of aromatic nitrogens is 2. The zero-order chi connectivity index (χ0) is 12.0. The summed E-state index contributed by atoms with van der Waals surface area (Å²) in [6, 6.07) is 9.84. The molecular formula is C13H14ClN3. The number of halogens is 1. The fraction of sp³-hybridized carbons (Fsp3) is 0.308. The Morgan fingerprint density at radius 3 is 2.71 bits per heavy atom. The standard InChI is InChI=1S/C13H14ClN3/c1-17-11(9-4-2-3-5-10(9)14)8-12(16-17)13(15)6-7-13/h2-5,8H,6-7,15H2,1H3. The monoisotopic (exact) mass is 247 g/mol. The predicted molar refractivity (Wildman–Crippen MR) is 68.8 cm³/mol. The summed E-state index contributed by atoms with van der Waals surface area (Å²) < 4.78 is 1.85. The first-order chi connectivity index (χ1) is 8.10. The molecule has 1 aliphatic carbocycles. The Kier molecular flexibility index (Phi) is 2.28. The third kappa shape index (κ3) is 1.75. The van der Waals surface area contributed by atoms with Gasteiger partial charge < -0.3 is 5.73 Å². The molecule has 2 aromatic rings. The highest BCUT2D eigenvalue weighted by molar-refractivity contribution is 6.33. The molecule has 1 aromatic carbocycles. The van der Waals surface area contributed by atoms with E-state index in [9.17, 15) is 0 Å². The lowest BCUT2D eigenvalue weighted by Gasteiger charge is -2.03. The number of benzene rings is 1. The van der Waals surface area contributed by atoms with Crippen molar-refractivity contribution in [3.63, 3.8) is 0 Å². The van der Waals surface area contributed by atoms with Gasteiger partial charge in [0, 0.05) is 17.6 Å². The van der Waals surface area contributed by atoms with Gasteiger partial charge >= 0.3 is 0 Å². The number of aryl methyl sites for hydroxylation is 1. The molecule has 0 aliphatic heterocycles. The van der Waals surface area contributed by atoms with Crippen molar-refractivity contribution in [3.8, 4) is 11.3 Å². The molecule has 1 aromatic heterocycles. The molecule has 4 heteroatoms. The third-order valence-electron chi connectivity index (χ3n) is 3.33. The molecule has 3 rings (SSSR count). The lowest BCUT2D eigenvalue weighted by molar-refractivity contribution is 0.661. The smallest absolute Gasteiger partial charge is 0.0829 e. The Labute approximate surface area is 105 Å². The van der Waals surface area contributed by atoms with Gasteiger partial charge in [-0.05, 0) is 25.0 Å². The average molecular weight is 248 g/mol. The van der Waals surface area contributed by atoms with Gasteiger partial charge in [0.1, 0.15) is 0 Å². The van der Waals surface area contributed by atoms with Gasteiger partial charge in [0.2, 0.25) is 0 Å². The SMILES string of the molecule is Cn1nc(C2(N)CC2)cc1-c1ccccc1Cl. The molecule has 17 heavy (non-hydrogen) atoms. The summed E-state index contributed by atoms with van der Waals surface area (Å²) in [5.74, 6) is 0. The molecule has 0 amide bonds. The van der Waals surface area contributed by atoms with Gasteiger partial charge in [-0.1, -0.05) is 29.8 Å². The normalized spacial score (nSPS) is 17.1. The highest BCUT2D eigenvalue weighted by Crippen LogP contribution is 2.43. The molecule has 1 aliphatic rings. The van der Waals surface area contributed by atoms with E-state index >= 15 is 0 Å². The van der Waals surface area contributed by atoms with E-state index in [4.69, 9.17) is 17.3 Å². The Hall–Kier alpha value is -1.32. The Morgan fingerprint density at radius 1 is 1.35 bits per heavy atom. The molecule has 1 fully saturated rings. The summed E-state index contributed by atoms with van der Waals surface area (Å²) in [4.78, 5) is 0. The predicted octanol–water partition coefficient (Wildman–Crippen LogP) is 2.69. The van der Waals surface area contributed by atoms with Crippen LogP contribution in [0.2, 0.25) is 5.02 Å². The van der Waals surface area contributed by atoms with Gasteiger partial charge in [0.25, 0.3) is 0 Å². The quantitative estimate of drug-likeness (QED) is 0.887. The van der Waals surface area contributed by atoms with Crippen LogP contribution in [0.15, 0.2) is 30.3 Å². The summed E-state index contributed by atoms with van der Waals surface area (Å²) in [5.41, 5.74) is 8.94. The summed E-state index contributed by atoms with van der Waals surface area (Å²) in [7, 11) is 1.92. The molecule has 3 nitrogen and oxygen atoms in total. The lowest BCUT2D eigenvalue weighted by Crippen LogP contribution is -2.19. The maximum Gasteiger partial charge on any atom is 0.0829 e. The van der Waals surface area contributed by atoms with E-state index in [0.717, 1.165) is 34.8 Å². The molecule has 0 spiro atoms. The van der Waals surface area contributed by atoms with Gasteiger partial charge in [-0.3, -0.25) is 4.68 Å². The molecule has 0 atom stereocenters. The molecule has 2 N–H and O–H groups in total. The number of rotatable bonds is 2. The first kappa shape index (κ1) is 10.8. The minimum atomic E-state index is -0.197. The van der Waals surface area contributed by atoms with Crippen LogP contribution in [0.4, 0.5) is 0 Å². The number of hydrogen-bond acceptors (Lipinski definition) is 2. The van der Waals surface area contributed by atoms with Crippen molar-refractivity contribution in [2.24, 2.45) is 12.8 Å². The van der Waals surface area contributed by atoms with E-state index in [0.29, 0.717) is 0 Å². The first-order valence-corrected chi connectivity index (χ1v) is 6.06. The van der Waals surface area contributed by atoms with Crippen LogP contribution in [0.1, 0.15) is 18.5 Å². The highest BCUT2D eigenvalue weighted by atomic mass is 35.5. The summed E-state index contributed by atoms with van der Waals surface area (Å²) >= 11 is 6.20. The molecule has 1 heterocycles. The maximum atomic E-state index is 6.20. The van der Waals surface area contributed by atoms with Crippen LogP contribution in [0.5, 0.6) is 0 Å². The van der Waals surface area contributed by atoms with Crippen LogP contribution in [-0.2, 0) is 12.6 Å². The second-order valence-electron chi connectivity index (χ2n) is 4.67. The number of nitrogens with zero attached hydrogens (tertiary/aromatic N) is 2. The number of hydrogen-bond donors (Lipinski definition) is 1. The largest absolute Gasteiger partial charge is 0.320 e.